The number of benzene rings is 2. The molecule has 0 aliphatic carbocycles. The summed E-state index contributed by atoms with van der Waals surface area (Å²) in [5.41, 5.74) is 11.7. The number of fused-ring (bicyclic) bond motifs is 2. The number of halogens is 1. The fourth-order valence-corrected chi connectivity index (χ4v) is 6.78. The summed E-state index contributed by atoms with van der Waals surface area (Å²) in [5, 5.41) is 26.4. The third kappa shape index (κ3) is 10.9. The van der Waals surface area contributed by atoms with E-state index in [9.17, 15) is 9.59 Å². The molecule has 0 radical (unpaired) electrons. The van der Waals surface area contributed by atoms with Crippen LogP contribution in [0.4, 0.5) is 23.0 Å². The van der Waals surface area contributed by atoms with Crippen LogP contribution in [0.25, 0.3) is 44.3 Å². The van der Waals surface area contributed by atoms with Crippen molar-refractivity contribution in [2.75, 3.05) is 16.0 Å². The first-order chi connectivity index (χ1) is 30.5. The summed E-state index contributed by atoms with van der Waals surface area (Å²) in [6, 6.07) is 28.8. The Morgan fingerprint density at radius 2 is 1.11 bits per heavy atom. The monoisotopic (exact) mass is 855 g/mol. The molecule has 0 saturated heterocycles. The van der Waals surface area contributed by atoms with Crippen molar-refractivity contribution in [3.63, 3.8) is 0 Å². The van der Waals surface area contributed by atoms with Crippen molar-refractivity contribution in [1.82, 2.24) is 49.7 Å². The second-order valence-corrected chi connectivity index (χ2v) is 15.5. The van der Waals surface area contributed by atoms with Crippen molar-refractivity contribution in [3.05, 3.63) is 156 Å². The Hall–Kier alpha value is -7.91. The van der Waals surface area contributed by atoms with E-state index in [4.69, 9.17) is 16.6 Å². The second kappa shape index (κ2) is 18.8. The fourth-order valence-electron chi connectivity index (χ4n) is 6.63. The Morgan fingerprint density at radius 3 is 1.63 bits per heavy atom. The molecule has 2 amide bonds. The zero-order valence-corrected chi connectivity index (χ0v) is 35.6. The normalized spacial score (nSPS) is 11.0. The molecule has 7 heterocycles. The van der Waals surface area contributed by atoms with Crippen LogP contribution in [-0.4, -0.2) is 61.5 Å². The van der Waals surface area contributed by atoms with E-state index < -0.39 is 0 Å². The summed E-state index contributed by atoms with van der Waals surface area (Å²) < 4.78 is 3.73. The van der Waals surface area contributed by atoms with Gasteiger partial charge in [0, 0.05) is 72.3 Å². The first-order valence-electron chi connectivity index (χ1n) is 20.1. The van der Waals surface area contributed by atoms with Crippen LogP contribution in [0, 0.1) is 0 Å². The summed E-state index contributed by atoms with van der Waals surface area (Å²) in [5.74, 6) is 1.52. The maximum absolute atomic E-state index is 11.2. The van der Waals surface area contributed by atoms with Gasteiger partial charge in [0.1, 0.15) is 11.0 Å². The fraction of sp³-hybridized carbons (Fsp3) is 0.149. The average molecular weight is 856 g/mol. The van der Waals surface area contributed by atoms with Crippen LogP contribution >= 0.6 is 11.6 Å². The van der Waals surface area contributed by atoms with Gasteiger partial charge < -0.3 is 16.0 Å². The SMILES string of the molecule is CC(=O)Nc1ccc(Cn2cc(-c3cnc4ccc(Cl)nc4c3)cn2)cc1.CC(=O)Nc1ccc(Cn2cc(-c3cnc4ccc(Nc5cc(C(C)C)cnn5)nc4c3)cn2)cc1. The van der Waals surface area contributed by atoms with Crippen molar-refractivity contribution in [2.24, 2.45) is 0 Å². The number of nitrogens with zero attached hydrogens (tertiary/aromatic N) is 10. The highest BCUT2D eigenvalue weighted by Gasteiger charge is 2.10. The predicted octanol–water partition coefficient (Wildman–Crippen LogP) is 9.31. The third-order valence-electron chi connectivity index (χ3n) is 9.81. The van der Waals surface area contributed by atoms with Gasteiger partial charge in [-0.25, -0.2) is 9.97 Å². The van der Waals surface area contributed by atoms with Crippen LogP contribution in [-0.2, 0) is 22.7 Å². The van der Waals surface area contributed by atoms with E-state index in [0.717, 1.165) is 72.4 Å². The lowest BCUT2D eigenvalue weighted by atomic mass is 10.1. The van der Waals surface area contributed by atoms with Gasteiger partial charge in [-0.3, -0.25) is 28.9 Å². The lowest BCUT2D eigenvalue weighted by Gasteiger charge is -2.09. The molecule has 0 saturated carbocycles. The number of carbonyl (C=O) groups is 2. The van der Waals surface area contributed by atoms with Crippen molar-refractivity contribution >= 4 is 68.5 Å². The number of carbonyl (C=O) groups excluding carboxylic acids is 2. The molecule has 0 atom stereocenters. The number of anilines is 4. The van der Waals surface area contributed by atoms with Crippen molar-refractivity contribution in [2.45, 2.75) is 46.7 Å². The van der Waals surface area contributed by atoms with E-state index in [1.807, 2.05) is 125 Å². The van der Waals surface area contributed by atoms with Crippen molar-refractivity contribution < 1.29 is 9.59 Å². The number of hydrogen-bond acceptors (Lipinski definition) is 11. The maximum Gasteiger partial charge on any atom is 0.221 e. The van der Waals surface area contributed by atoms with Gasteiger partial charge in [-0.15, -0.1) is 5.10 Å². The number of nitrogens with one attached hydrogen (secondary N) is 3. The number of hydrogen-bond donors (Lipinski definition) is 3. The highest BCUT2D eigenvalue weighted by molar-refractivity contribution is 6.29. The largest absolute Gasteiger partial charge is 0.326 e. The molecule has 16 heteroatoms. The van der Waals surface area contributed by atoms with Gasteiger partial charge in [-0.1, -0.05) is 49.7 Å². The van der Waals surface area contributed by atoms with Crippen LogP contribution < -0.4 is 16.0 Å². The molecule has 0 spiro atoms. The second-order valence-electron chi connectivity index (χ2n) is 15.1. The lowest BCUT2D eigenvalue weighted by molar-refractivity contribution is -0.115. The highest BCUT2D eigenvalue weighted by atomic mass is 35.5. The first kappa shape index (κ1) is 41.8. The summed E-state index contributed by atoms with van der Waals surface area (Å²) in [6.07, 6.45) is 13.0. The van der Waals surface area contributed by atoms with Gasteiger partial charge in [0.2, 0.25) is 11.8 Å². The van der Waals surface area contributed by atoms with Crippen LogP contribution in [0.3, 0.4) is 0 Å². The Bertz CT molecular complexity index is 3060. The van der Waals surface area contributed by atoms with Gasteiger partial charge >= 0.3 is 0 Å². The molecule has 314 valence electrons. The Morgan fingerprint density at radius 1 is 0.587 bits per heavy atom. The van der Waals surface area contributed by atoms with E-state index in [1.165, 1.54) is 13.8 Å². The summed E-state index contributed by atoms with van der Waals surface area (Å²) in [6.45, 7) is 8.47. The first-order valence-corrected chi connectivity index (χ1v) is 20.4. The molecule has 7 aromatic heterocycles. The molecule has 0 bridgehead atoms. The summed E-state index contributed by atoms with van der Waals surface area (Å²) in [4.78, 5) is 40.3. The average Bonchev–Trinajstić information content (AvgIpc) is 3.95. The highest BCUT2D eigenvalue weighted by Crippen LogP contribution is 2.26. The van der Waals surface area contributed by atoms with Gasteiger partial charge in [0.15, 0.2) is 5.82 Å². The van der Waals surface area contributed by atoms with Crippen molar-refractivity contribution in [3.8, 4) is 22.3 Å². The standard InChI is InChI=1S/C27H26N8O.C20H16ClN5O/c1-17(2)20-11-27(34-29-13-20)33-26-9-8-24-25(32-26)10-21(12-28-24)22-14-30-35(16-22)15-19-4-6-23(7-5-19)31-18(3)36;1-13(27)24-17-4-2-14(3-5-17)11-26-12-16(10-23-26)15-8-19-18(22-9-15)6-7-20(21)25-19/h4-14,16-17H,15H2,1-3H3,(H,31,36)(H,32,33,34);2-10,12H,11H2,1H3,(H,24,27). The molecular formula is C47H42ClN13O2. The minimum absolute atomic E-state index is 0.0840. The molecule has 0 aliphatic rings. The van der Waals surface area contributed by atoms with Crippen LogP contribution in [0.2, 0.25) is 5.15 Å². The van der Waals surface area contributed by atoms with Gasteiger partial charge in [0.05, 0.1) is 53.7 Å². The van der Waals surface area contributed by atoms with E-state index in [2.05, 4.69) is 65.1 Å². The molecule has 9 aromatic rings. The Balaban J connectivity index is 0.000000180. The maximum atomic E-state index is 11.2. The Kier molecular flexibility index (Phi) is 12.5. The molecule has 0 fully saturated rings. The zero-order chi connectivity index (χ0) is 43.9. The lowest BCUT2D eigenvalue weighted by Crippen LogP contribution is -2.06. The minimum atomic E-state index is -0.0881. The number of pyridine rings is 4. The molecule has 15 nitrogen and oxygen atoms in total. The smallest absolute Gasteiger partial charge is 0.221 e. The molecule has 2 aromatic carbocycles. The summed E-state index contributed by atoms with van der Waals surface area (Å²) in [7, 11) is 0. The molecule has 63 heavy (non-hydrogen) atoms. The van der Waals surface area contributed by atoms with E-state index in [-0.39, 0.29) is 11.8 Å². The number of aromatic nitrogens is 10. The van der Waals surface area contributed by atoms with Crippen LogP contribution in [0.5, 0.6) is 0 Å². The Labute approximate surface area is 367 Å². The van der Waals surface area contributed by atoms with Crippen molar-refractivity contribution in [1.29, 1.82) is 0 Å². The number of amides is 2. The van der Waals surface area contributed by atoms with Gasteiger partial charge in [-0.2, -0.15) is 15.3 Å². The zero-order valence-electron chi connectivity index (χ0n) is 34.9. The van der Waals surface area contributed by atoms with Gasteiger partial charge in [-0.05, 0) is 89.3 Å². The third-order valence-corrected chi connectivity index (χ3v) is 10.0. The topological polar surface area (TPSA) is 183 Å². The molecule has 0 unspecified atom stereocenters. The molecular weight excluding hydrogens is 814 g/mol. The van der Waals surface area contributed by atoms with Crippen LogP contribution in [0.15, 0.2) is 134 Å². The number of rotatable bonds is 11. The van der Waals surface area contributed by atoms with E-state index in [0.29, 0.717) is 35.8 Å². The molecule has 3 N–H and O–H groups in total. The van der Waals surface area contributed by atoms with Gasteiger partial charge in [0.25, 0.3) is 0 Å². The van der Waals surface area contributed by atoms with E-state index >= 15 is 0 Å². The summed E-state index contributed by atoms with van der Waals surface area (Å²) >= 11 is 5.97. The van der Waals surface area contributed by atoms with E-state index in [1.54, 1.807) is 18.5 Å². The minimum Gasteiger partial charge on any atom is -0.326 e. The quantitative estimate of drug-likeness (QED) is 0.105. The van der Waals surface area contributed by atoms with Crippen LogP contribution in [0.1, 0.15) is 50.3 Å². The molecule has 0 aliphatic heterocycles. The predicted molar refractivity (Wildman–Crippen MR) is 246 cm³/mol. The molecule has 9 rings (SSSR count).